The maximum absolute atomic E-state index is 13.8. The summed E-state index contributed by atoms with van der Waals surface area (Å²) in [5.41, 5.74) is 0.632. The largest absolute Gasteiger partial charge is 0.378 e. The lowest BCUT2D eigenvalue weighted by molar-refractivity contribution is -0.118. The Morgan fingerprint density at radius 3 is 2.88 bits per heavy atom. The Hall–Kier alpha value is -2.13. The van der Waals surface area contributed by atoms with Crippen molar-refractivity contribution in [1.29, 1.82) is 0 Å². The zero-order valence-corrected chi connectivity index (χ0v) is 15.5. The highest BCUT2D eigenvalue weighted by Gasteiger charge is 2.22. The van der Waals surface area contributed by atoms with Crippen molar-refractivity contribution in [2.75, 3.05) is 43.5 Å². The van der Waals surface area contributed by atoms with Crippen molar-refractivity contribution >= 4 is 23.6 Å². The van der Waals surface area contributed by atoms with E-state index in [-0.39, 0.29) is 17.5 Å². The average Bonchev–Trinajstić information content (AvgIpc) is 3.09. The number of ether oxygens (including phenoxy) is 1. The molecule has 2 aromatic rings. The lowest BCUT2D eigenvalue weighted by atomic mass is 10.3. The number of carbonyl (C=O) groups excluding carboxylic acids is 1. The van der Waals surface area contributed by atoms with Crippen LogP contribution in [0.5, 0.6) is 0 Å². The second-order valence-electron chi connectivity index (χ2n) is 5.84. The molecular weight excluding hydrogens is 357 g/mol. The minimum absolute atomic E-state index is 0.0569. The summed E-state index contributed by atoms with van der Waals surface area (Å²) < 4.78 is 20.9. The van der Waals surface area contributed by atoms with Gasteiger partial charge in [-0.3, -0.25) is 9.36 Å². The Balaban J connectivity index is 1.86. The van der Waals surface area contributed by atoms with Gasteiger partial charge in [0.1, 0.15) is 5.82 Å². The number of amides is 1. The quantitative estimate of drug-likeness (QED) is 0.741. The van der Waals surface area contributed by atoms with Gasteiger partial charge in [-0.2, -0.15) is 0 Å². The Morgan fingerprint density at radius 1 is 1.35 bits per heavy atom. The van der Waals surface area contributed by atoms with Gasteiger partial charge < -0.3 is 15.0 Å². The van der Waals surface area contributed by atoms with Crippen molar-refractivity contribution in [3.05, 3.63) is 30.1 Å². The molecule has 1 N–H and O–H groups in total. The normalized spacial score (nSPS) is 14.5. The highest BCUT2D eigenvalue weighted by molar-refractivity contribution is 7.99. The molecule has 1 aliphatic heterocycles. The second kappa shape index (κ2) is 9.00. The van der Waals surface area contributed by atoms with Gasteiger partial charge >= 0.3 is 0 Å². The molecule has 1 saturated heterocycles. The molecule has 9 heteroatoms. The summed E-state index contributed by atoms with van der Waals surface area (Å²) in [6.07, 6.45) is 0.886. The van der Waals surface area contributed by atoms with E-state index in [1.165, 1.54) is 23.9 Å². The van der Waals surface area contributed by atoms with Crippen LogP contribution >= 0.6 is 11.8 Å². The Morgan fingerprint density at radius 2 is 2.15 bits per heavy atom. The molecule has 0 saturated carbocycles. The number of aromatic nitrogens is 3. The average molecular weight is 379 g/mol. The maximum Gasteiger partial charge on any atom is 0.232 e. The van der Waals surface area contributed by atoms with E-state index < -0.39 is 0 Å². The zero-order chi connectivity index (χ0) is 18.4. The first-order valence-corrected chi connectivity index (χ1v) is 9.61. The fourth-order valence-electron chi connectivity index (χ4n) is 2.61. The summed E-state index contributed by atoms with van der Waals surface area (Å²) in [5, 5.41) is 11.9. The van der Waals surface area contributed by atoms with Crippen LogP contribution in [0.4, 0.5) is 10.3 Å². The minimum atomic E-state index is -0.333. The summed E-state index contributed by atoms with van der Waals surface area (Å²) in [7, 11) is 0. The van der Waals surface area contributed by atoms with Crippen LogP contribution in [0.3, 0.4) is 0 Å². The first-order chi connectivity index (χ1) is 12.7. The van der Waals surface area contributed by atoms with E-state index in [1.807, 2.05) is 6.92 Å². The number of nitrogens with zero attached hydrogens (tertiary/aromatic N) is 4. The standard InChI is InChI=1S/C17H22FN5O2S/c1-2-6-19-15(24)12-26-17-21-20-16(22-7-9-25-10-8-22)23(17)14-5-3-4-13(18)11-14/h3-5,11H,2,6-10,12H2,1H3,(H,19,24). The molecule has 0 unspecified atom stereocenters. The van der Waals surface area contributed by atoms with E-state index in [9.17, 15) is 9.18 Å². The Bertz CT molecular complexity index is 749. The van der Waals surface area contributed by atoms with E-state index in [0.717, 1.165) is 6.42 Å². The lowest BCUT2D eigenvalue weighted by Crippen LogP contribution is -2.37. The molecule has 140 valence electrons. The molecule has 0 aliphatic carbocycles. The van der Waals surface area contributed by atoms with Crippen LogP contribution in [0.2, 0.25) is 0 Å². The molecule has 0 atom stereocenters. The molecule has 1 aliphatic rings. The van der Waals surface area contributed by atoms with Gasteiger partial charge in [0, 0.05) is 19.6 Å². The monoisotopic (exact) mass is 379 g/mol. The number of anilines is 1. The molecule has 1 aromatic heterocycles. The summed E-state index contributed by atoms with van der Waals surface area (Å²) in [4.78, 5) is 14.0. The van der Waals surface area contributed by atoms with Crippen LogP contribution in [0.15, 0.2) is 29.4 Å². The third-order valence-electron chi connectivity index (χ3n) is 3.88. The number of hydrogen-bond acceptors (Lipinski definition) is 6. The van der Waals surface area contributed by atoms with Crippen LogP contribution in [-0.2, 0) is 9.53 Å². The molecular formula is C17H22FN5O2S. The third-order valence-corrected chi connectivity index (χ3v) is 4.81. The molecule has 1 fully saturated rings. The number of halogens is 1. The fourth-order valence-corrected chi connectivity index (χ4v) is 3.39. The third kappa shape index (κ3) is 4.53. The summed E-state index contributed by atoms with van der Waals surface area (Å²) in [5.74, 6) is 0.478. The van der Waals surface area contributed by atoms with Gasteiger partial charge in [0.05, 0.1) is 24.7 Å². The first kappa shape index (κ1) is 18.7. The predicted molar refractivity (Wildman–Crippen MR) is 98.4 cm³/mol. The van der Waals surface area contributed by atoms with Gasteiger partial charge in [-0.15, -0.1) is 10.2 Å². The van der Waals surface area contributed by atoms with Gasteiger partial charge in [0.15, 0.2) is 5.16 Å². The molecule has 7 nitrogen and oxygen atoms in total. The number of carbonyl (C=O) groups is 1. The highest BCUT2D eigenvalue weighted by atomic mass is 32.2. The smallest absolute Gasteiger partial charge is 0.232 e. The van der Waals surface area contributed by atoms with Crippen LogP contribution in [0.25, 0.3) is 5.69 Å². The zero-order valence-electron chi connectivity index (χ0n) is 14.7. The van der Waals surface area contributed by atoms with Crippen LogP contribution in [-0.4, -0.2) is 59.3 Å². The predicted octanol–water partition coefficient (Wildman–Crippen LogP) is 1.86. The van der Waals surface area contributed by atoms with E-state index in [0.29, 0.717) is 49.6 Å². The van der Waals surface area contributed by atoms with Crippen LogP contribution in [0.1, 0.15) is 13.3 Å². The van der Waals surface area contributed by atoms with Gasteiger partial charge in [0.2, 0.25) is 11.9 Å². The van der Waals surface area contributed by atoms with Crippen LogP contribution in [0, 0.1) is 5.82 Å². The lowest BCUT2D eigenvalue weighted by Gasteiger charge is -2.27. The van der Waals surface area contributed by atoms with E-state index in [4.69, 9.17) is 4.74 Å². The first-order valence-electron chi connectivity index (χ1n) is 8.62. The number of hydrogen-bond donors (Lipinski definition) is 1. The number of benzene rings is 1. The molecule has 1 aromatic carbocycles. The fraction of sp³-hybridized carbons (Fsp3) is 0.471. The van der Waals surface area contributed by atoms with E-state index in [1.54, 1.807) is 16.7 Å². The van der Waals surface area contributed by atoms with Gasteiger partial charge in [-0.25, -0.2) is 4.39 Å². The second-order valence-corrected chi connectivity index (χ2v) is 6.78. The summed E-state index contributed by atoms with van der Waals surface area (Å²) in [6, 6.07) is 6.29. The molecule has 1 amide bonds. The van der Waals surface area contributed by atoms with Gasteiger partial charge in [-0.05, 0) is 24.6 Å². The Kier molecular flexibility index (Phi) is 6.45. The van der Waals surface area contributed by atoms with Crippen molar-refractivity contribution in [2.24, 2.45) is 0 Å². The summed E-state index contributed by atoms with van der Waals surface area (Å²) >= 11 is 1.29. The molecule has 2 heterocycles. The van der Waals surface area contributed by atoms with E-state index >= 15 is 0 Å². The van der Waals surface area contributed by atoms with Crippen molar-refractivity contribution in [3.8, 4) is 5.69 Å². The van der Waals surface area contributed by atoms with E-state index in [2.05, 4.69) is 20.4 Å². The SMILES string of the molecule is CCCNC(=O)CSc1nnc(N2CCOCC2)n1-c1cccc(F)c1. The molecule has 0 spiro atoms. The van der Waals surface area contributed by atoms with Crippen molar-refractivity contribution in [3.63, 3.8) is 0 Å². The number of thioether (sulfide) groups is 1. The van der Waals surface area contributed by atoms with Crippen molar-refractivity contribution < 1.29 is 13.9 Å². The number of nitrogens with one attached hydrogen (secondary N) is 1. The minimum Gasteiger partial charge on any atom is -0.378 e. The highest BCUT2D eigenvalue weighted by Crippen LogP contribution is 2.27. The summed E-state index contributed by atoms with van der Waals surface area (Å²) in [6.45, 7) is 5.25. The Labute approximate surface area is 155 Å². The number of rotatable bonds is 7. The maximum atomic E-state index is 13.8. The molecule has 0 bridgehead atoms. The molecule has 26 heavy (non-hydrogen) atoms. The van der Waals surface area contributed by atoms with Crippen molar-refractivity contribution in [2.45, 2.75) is 18.5 Å². The van der Waals surface area contributed by atoms with Gasteiger partial charge in [-0.1, -0.05) is 24.8 Å². The topological polar surface area (TPSA) is 72.3 Å². The molecule has 3 rings (SSSR count). The van der Waals surface area contributed by atoms with Gasteiger partial charge in [0.25, 0.3) is 0 Å². The van der Waals surface area contributed by atoms with Crippen LogP contribution < -0.4 is 10.2 Å². The number of morpholine rings is 1. The van der Waals surface area contributed by atoms with Crippen molar-refractivity contribution in [1.82, 2.24) is 20.1 Å². The molecule has 0 radical (unpaired) electrons.